The highest BCUT2D eigenvalue weighted by molar-refractivity contribution is 5.94. The normalized spacial score (nSPS) is 20.1. The van der Waals surface area contributed by atoms with Crippen molar-refractivity contribution < 1.29 is 9.18 Å². The van der Waals surface area contributed by atoms with E-state index in [4.69, 9.17) is 0 Å². The Morgan fingerprint density at radius 1 is 1.30 bits per heavy atom. The van der Waals surface area contributed by atoms with Gasteiger partial charge in [0.1, 0.15) is 5.82 Å². The summed E-state index contributed by atoms with van der Waals surface area (Å²) < 4.78 is 14.1. The summed E-state index contributed by atoms with van der Waals surface area (Å²) >= 11 is 0. The van der Waals surface area contributed by atoms with Crippen LogP contribution in [0.2, 0.25) is 0 Å². The Morgan fingerprint density at radius 3 is 2.75 bits per heavy atom. The molecule has 0 saturated carbocycles. The van der Waals surface area contributed by atoms with Gasteiger partial charge in [-0.1, -0.05) is 26.0 Å². The third kappa shape index (κ3) is 3.20. The number of amides is 1. The lowest BCUT2D eigenvalue weighted by Gasteiger charge is -2.22. The van der Waals surface area contributed by atoms with Crippen molar-refractivity contribution in [3.63, 3.8) is 0 Å². The number of nitrogens with zero attached hydrogens (tertiary/aromatic N) is 1. The molecule has 1 atom stereocenters. The van der Waals surface area contributed by atoms with Gasteiger partial charge in [0.2, 0.25) is 0 Å². The zero-order chi connectivity index (χ0) is 14.7. The third-order valence-electron chi connectivity index (χ3n) is 4.42. The average molecular weight is 277 g/mol. The van der Waals surface area contributed by atoms with Crippen LogP contribution in [0.1, 0.15) is 49.0 Å². The zero-order valence-corrected chi connectivity index (χ0v) is 12.7. The zero-order valence-electron chi connectivity index (χ0n) is 12.7. The molecule has 0 bridgehead atoms. The van der Waals surface area contributed by atoms with Crippen molar-refractivity contribution in [1.29, 1.82) is 0 Å². The van der Waals surface area contributed by atoms with E-state index in [1.807, 2.05) is 4.90 Å². The van der Waals surface area contributed by atoms with E-state index in [0.29, 0.717) is 17.4 Å². The van der Waals surface area contributed by atoms with E-state index >= 15 is 0 Å². The lowest BCUT2D eigenvalue weighted by atomic mass is 9.89. The minimum Gasteiger partial charge on any atom is -0.339 e. The highest BCUT2D eigenvalue weighted by atomic mass is 19.1. The fourth-order valence-corrected chi connectivity index (χ4v) is 2.97. The Balaban J connectivity index is 2.11. The quantitative estimate of drug-likeness (QED) is 0.799. The molecule has 1 heterocycles. The number of hydrogen-bond acceptors (Lipinski definition) is 1. The number of rotatable bonds is 2. The summed E-state index contributed by atoms with van der Waals surface area (Å²) in [5.41, 5.74) is 0.749. The second kappa shape index (κ2) is 6.38. The van der Waals surface area contributed by atoms with Crippen molar-refractivity contribution in [2.75, 3.05) is 13.1 Å². The minimum absolute atomic E-state index is 0.157. The van der Waals surface area contributed by atoms with E-state index in [9.17, 15) is 9.18 Å². The number of aryl methyl sites for hydroxylation is 1. The summed E-state index contributed by atoms with van der Waals surface area (Å²) in [5, 5.41) is 0. The molecule has 20 heavy (non-hydrogen) atoms. The second-order valence-electron chi connectivity index (χ2n) is 6.16. The van der Waals surface area contributed by atoms with Crippen LogP contribution in [-0.2, 0) is 0 Å². The van der Waals surface area contributed by atoms with Crippen LogP contribution in [0.25, 0.3) is 0 Å². The molecule has 1 fully saturated rings. The maximum Gasteiger partial charge on any atom is 0.256 e. The first-order valence-electron chi connectivity index (χ1n) is 7.55. The smallest absolute Gasteiger partial charge is 0.256 e. The van der Waals surface area contributed by atoms with Gasteiger partial charge in [-0.25, -0.2) is 4.39 Å². The van der Waals surface area contributed by atoms with Gasteiger partial charge in [0, 0.05) is 13.1 Å². The monoisotopic (exact) mass is 277 g/mol. The summed E-state index contributed by atoms with van der Waals surface area (Å²) in [5.74, 6) is 0.800. The van der Waals surface area contributed by atoms with Crippen LogP contribution in [-0.4, -0.2) is 23.9 Å². The van der Waals surface area contributed by atoms with Crippen LogP contribution in [0, 0.1) is 24.6 Å². The van der Waals surface area contributed by atoms with E-state index in [2.05, 4.69) is 13.8 Å². The van der Waals surface area contributed by atoms with Crippen LogP contribution < -0.4 is 0 Å². The first-order chi connectivity index (χ1) is 9.50. The lowest BCUT2D eigenvalue weighted by Crippen LogP contribution is -2.32. The predicted octanol–water partition coefficient (Wildman–Crippen LogP) is 4.03. The molecular formula is C17H24FNO. The number of likely N-dealkylation sites (tertiary alicyclic amines) is 1. The molecule has 1 unspecified atom stereocenters. The maximum atomic E-state index is 14.1. The summed E-state index contributed by atoms with van der Waals surface area (Å²) in [6, 6.07) is 5.04. The molecule has 0 aliphatic carbocycles. The van der Waals surface area contributed by atoms with Gasteiger partial charge in [0.15, 0.2) is 0 Å². The van der Waals surface area contributed by atoms with Gasteiger partial charge in [-0.3, -0.25) is 4.79 Å². The fourth-order valence-electron chi connectivity index (χ4n) is 2.97. The molecule has 0 radical (unpaired) electrons. The number of carbonyl (C=O) groups is 1. The molecule has 1 aromatic carbocycles. The Bertz CT molecular complexity index is 484. The van der Waals surface area contributed by atoms with Crippen molar-refractivity contribution in [1.82, 2.24) is 4.90 Å². The SMILES string of the molecule is Cc1cccc(C(=O)N2CCCC(C(C)C)CC2)c1F. The van der Waals surface area contributed by atoms with Crippen LogP contribution in [0.3, 0.4) is 0 Å². The highest BCUT2D eigenvalue weighted by Crippen LogP contribution is 2.25. The Kier molecular flexibility index (Phi) is 4.79. The molecule has 1 saturated heterocycles. The van der Waals surface area contributed by atoms with Gasteiger partial charge < -0.3 is 4.90 Å². The van der Waals surface area contributed by atoms with Crippen LogP contribution in [0.5, 0.6) is 0 Å². The summed E-state index contributed by atoms with van der Waals surface area (Å²) in [7, 11) is 0. The van der Waals surface area contributed by atoms with Gasteiger partial charge in [-0.2, -0.15) is 0 Å². The van der Waals surface area contributed by atoms with E-state index in [0.717, 1.165) is 32.4 Å². The summed E-state index contributed by atoms with van der Waals surface area (Å²) in [4.78, 5) is 14.3. The standard InChI is InChI=1S/C17H24FNO/c1-12(2)14-7-5-10-19(11-9-14)17(20)15-8-4-6-13(3)16(15)18/h4,6,8,12,14H,5,7,9-11H2,1-3H3. The summed E-state index contributed by atoms with van der Waals surface area (Å²) in [6.07, 6.45) is 3.20. The van der Waals surface area contributed by atoms with Crippen molar-refractivity contribution in [2.24, 2.45) is 11.8 Å². The van der Waals surface area contributed by atoms with E-state index in [1.54, 1.807) is 25.1 Å². The molecule has 1 aromatic rings. The first-order valence-corrected chi connectivity index (χ1v) is 7.55. The van der Waals surface area contributed by atoms with Crippen molar-refractivity contribution in [2.45, 2.75) is 40.0 Å². The van der Waals surface area contributed by atoms with Gasteiger partial charge >= 0.3 is 0 Å². The first kappa shape index (κ1) is 15.0. The molecule has 3 heteroatoms. The molecule has 1 amide bonds. The molecule has 1 aliphatic rings. The molecule has 0 aromatic heterocycles. The van der Waals surface area contributed by atoms with Gasteiger partial charge in [0.25, 0.3) is 5.91 Å². The predicted molar refractivity (Wildman–Crippen MR) is 79.2 cm³/mol. The second-order valence-corrected chi connectivity index (χ2v) is 6.16. The molecule has 0 N–H and O–H groups in total. The van der Waals surface area contributed by atoms with Crippen molar-refractivity contribution >= 4 is 5.91 Å². The molecule has 0 spiro atoms. The molecule has 2 nitrogen and oxygen atoms in total. The van der Waals surface area contributed by atoms with Crippen molar-refractivity contribution in [3.05, 3.63) is 35.1 Å². The largest absolute Gasteiger partial charge is 0.339 e. The van der Waals surface area contributed by atoms with Gasteiger partial charge in [-0.15, -0.1) is 0 Å². The van der Waals surface area contributed by atoms with Gasteiger partial charge in [0.05, 0.1) is 5.56 Å². The lowest BCUT2D eigenvalue weighted by molar-refractivity contribution is 0.0754. The highest BCUT2D eigenvalue weighted by Gasteiger charge is 2.24. The Labute approximate surface area is 121 Å². The van der Waals surface area contributed by atoms with Crippen molar-refractivity contribution in [3.8, 4) is 0 Å². The fraction of sp³-hybridized carbons (Fsp3) is 0.588. The molecular weight excluding hydrogens is 253 g/mol. The number of carbonyl (C=O) groups excluding carboxylic acids is 1. The van der Waals surface area contributed by atoms with E-state index in [-0.39, 0.29) is 17.3 Å². The van der Waals surface area contributed by atoms with E-state index < -0.39 is 0 Å². The summed E-state index contributed by atoms with van der Waals surface area (Å²) in [6.45, 7) is 7.67. The number of benzene rings is 1. The third-order valence-corrected chi connectivity index (χ3v) is 4.42. The Hall–Kier alpha value is -1.38. The molecule has 110 valence electrons. The molecule has 1 aliphatic heterocycles. The van der Waals surface area contributed by atoms with Gasteiger partial charge in [-0.05, 0) is 49.7 Å². The Morgan fingerprint density at radius 2 is 2.05 bits per heavy atom. The van der Waals surface area contributed by atoms with Crippen LogP contribution in [0.4, 0.5) is 4.39 Å². The minimum atomic E-state index is -0.373. The average Bonchev–Trinajstić information content (AvgIpc) is 2.67. The number of halogens is 1. The molecule has 2 rings (SSSR count). The van der Waals surface area contributed by atoms with Crippen LogP contribution >= 0.6 is 0 Å². The van der Waals surface area contributed by atoms with Crippen LogP contribution in [0.15, 0.2) is 18.2 Å². The topological polar surface area (TPSA) is 20.3 Å². The number of hydrogen-bond donors (Lipinski definition) is 0. The maximum absolute atomic E-state index is 14.1. The van der Waals surface area contributed by atoms with E-state index in [1.165, 1.54) is 0 Å².